The maximum absolute atomic E-state index is 12.6. The number of halogens is 3. The summed E-state index contributed by atoms with van der Waals surface area (Å²) >= 11 is 18.4. The Morgan fingerprint density at radius 2 is 1.96 bits per heavy atom. The number of amides is 1. The van der Waals surface area contributed by atoms with Crippen molar-refractivity contribution in [1.29, 1.82) is 0 Å². The summed E-state index contributed by atoms with van der Waals surface area (Å²) in [4.78, 5) is 14.9. The fraction of sp³-hybridized carbons (Fsp3) is 0.350. The molecule has 0 unspecified atom stereocenters. The Morgan fingerprint density at radius 1 is 1.15 bits per heavy atom. The Kier molecular flexibility index (Phi) is 6.46. The molecule has 0 aromatic heterocycles. The number of anilines is 1. The number of hydrogen-bond acceptors (Lipinski definition) is 2. The van der Waals surface area contributed by atoms with Crippen molar-refractivity contribution in [3.8, 4) is 0 Å². The van der Waals surface area contributed by atoms with Gasteiger partial charge in [0.05, 0.1) is 5.92 Å². The van der Waals surface area contributed by atoms with E-state index in [2.05, 4.69) is 10.2 Å². The van der Waals surface area contributed by atoms with Gasteiger partial charge in [-0.3, -0.25) is 9.69 Å². The molecule has 138 valence electrons. The lowest BCUT2D eigenvalue weighted by molar-refractivity contribution is -0.121. The lowest BCUT2D eigenvalue weighted by Gasteiger charge is -2.32. The van der Waals surface area contributed by atoms with Crippen molar-refractivity contribution < 1.29 is 4.79 Å². The fourth-order valence-corrected chi connectivity index (χ4v) is 3.87. The van der Waals surface area contributed by atoms with Crippen molar-refractivity contribution >= 4 is 46.4 Å². The van der Waals surface area contributed by atoms with Gasteiger partial charge in [0.25, 0.3) is 0 Å². The van der Waals surface area contributed by atoms with Crippen molar-refractivity contribution in [3.05, 3.63) is 62.6 Å². The molecule has 0 bridgehead atoms. The summed E-state index contributed by atoms with van der Waals surface area (Å²) in [7, 11) is 0. The van der Waals surface area contributed by atoms with Gasteiger partial charge in [0.1, 0.15) is 0 Å². The SMILES string of the molecule is Cc1ccc(NC(=O)[C@H]2CCCN(Cc3ccc(Cl)cc3Cl)C2)cc1Cl. The Morgan fingerprint density at radius 3 is 2.69 bits per heavy atom. The van der Waals surface area contributed by atoms with E-state index in [9.17, 15) is 4.79 Å². The van der Waals surface area contributed by atoms with Crippen LogP contribution in [-0.4, -0.2) is 23.9 Å². The molecule has 0 radical (unpaired) electrons. The Labute approximate surface area is 169 Å². The molecular weight excluding hydrogens is 391 g/mol. The normalized spacial score (nSPS) is 17.9. The van der Waals surface area contributed by atoms with Gasteiger partial charge in [0.2, 0.25) is 5.91 Å². The van der Waals surface area contributed by atoms with Crippen LogP contribution in [0, 0.1) is 12.8 Å². The zero-order chi connectivity index (χ0) is 18.7. The van der Waals surface area contributed by atoms with Gasteiger partial charge in [0, 0.05) is 33.8 Å². The number of nitrogens with zero attached hydrogens (tertiary/aromatic N) is 1. The first kappa shape index (κ1) is 19.5. The Balaban J connectivity index is 1.62. The van der Waals surface area contributed by atoms with Crippen LogP contribution in [0.1, 0.15) is 24.0 Å². The second-order valence-corrected chi connectivity index (χ2v) is 8.01. The molecule has 3 nitrogen and oxygen atoms in total. The van der Waals surface area contributed by atoms with Gasteiger partial charge in [-0.05, 0) is 61.7 Å². The highest BCUT2D eigenvalue weighted by molar-refractivity contribution is 6.35. The third-order valence-electron chi connectivity index (χ3n) is 4.72. The fourth-order valence-electron chi connectivity index (χ4n) is 3.22. The van der Waals surface area contributed by atoms with E-state index in [1.807, 2.05) is 31.2 Å². The lowest BCUT2D eigenvalue weighted by atomic mass is 9.96. The monoisotopic (exact) mass is 410 g/mol. The first-order valence-electron chi connectivity index (χ1n) is 8.65. The average Bonchev–Trinajstić information content (AvgIpc) is 2.61. The third kappa shape index (κ3) is 4.92. The van der Waals surface area contributed by atoms with Crippen LogP contribution < -0.4 is 5.32 Å². The number of rotatable bonds is 4. The largest absolute Gasteiger partial charge is 0.326 e. The number of piperidine rings is 1. The molecule has 1 heterocycles. The highest BCUT2D eigenvalue weighted by Crippen LogP contribution is 2.26. The van der Waals surface area contributed by atoms with Crippen molar-refractivity contribution in [2.24, 2.45) is 5.92 Å². The van der Waals surface area contributed by atoms with E-state index in [0.29, 0.717) is 21.6 Å². The number of carbonyl (C=O) groups excluding carboxylic acids is 1. The van der Waals surface area contributed by atoms with Gasteiger partial charge in [-0.2, -0.15) is 0 Å². The summed E-state index contributed by atoms with van der Waals surface area (Å²) in [5.41, 5.74) is 2.76. The zero-order valence-electron chi connectivity index (χ0n) is 14.6. The first-order chi connectivity index (χ1) is 12.4. The summed E-state index contributed by atoms with van der Waals surface area (Å²) < 4.78 is 0. The predicted octanol–water partition coefficient (Wildman–Crippen LogP) is 5.81. The van der Waals surface area contributed by atoms with Crippen molar-refractivity contribution in [1.82, 2.24) is 4.90 Å². The molecular formula is C20H21Cl3N2O. The summed E-state index contributed by atoms with van der Waals surface area (Å²) in [6, 6.07) is 11.1. The molecule has 1 N–H and O–H groups in total. The van der Waals surface area contributed by atoms with Crippen LogP contribution >= 0.6 is 34.8 Å². The van der Waals surface area contributed by atoms with E-state index < -0.39 is 0 Å². The van der Waals surface area contributed by atoms with Gasteiger partial charge in [-0.15, -0.1) is 0 Å². The highest BCUT2D eigenvalue weighted by Gasteiger charge is 2.26. The molecule has 0 saturated carbocycles. The maximum Gasteiger partial charge on any atom is 0.228 e. The Hall–Kier alpha value is -1.26. The van der Waals surface area contributed by atoms with E-state index >= 15 is 0 Å². The number of aryl methyl sites for hydroxylation is 1. The molecule has 1 amide bonds. The minimum atomic E-state index is -0.0464. The molecule has 1 fully saturated rings. The minimum Gasteiger partial charge on any atom is -0.326 e. The van der Waals surface area contributed by atoms with Crippen molar-refractivity contribution in [2.45, 2.75) is 26.3 Å². The molecule has 1 aliphatic rings. The number of benzene rings is 2. The van der Waals surface area contributed by atoms with Crippen LogP contribution in [0.25, 0.3) is 0 Å². The predicted molar refractivity (Wildman–Crippen MR) is 109 cm³/mol. The summed E-state index contributed by atoms with van der Waals surface area (Å²) in [6.07, 6.45) is 1.87. The highest BCUT2D eigenvalue weighted by atomic mass is 35.5. The van der Waals surface area contributed by atoms with E-state index in [-0.39, 0.29) is 11.8 Å². The molecule has 1 saturated heterocycles. The second kappa shape index (κ2) is 8.62. The molecule has 26 heavy (non-hydrogen) atoms. The van der Waals surface area contributed by atoms with Crippen LogP contribution in [0.5, 0.6) is 0 Å². The molecule has 1 aliphatic heterocycles. The molecule has 1 atom stereocenters. The number of hydrogen-bond donors (Lipinski definition) is 1. The van der Waals surface area contributed by atoms with Crippen LogP contribution in [0.4, 0.5) is 5.69 Å². The van der Waals surface area contributed by atoms with Crippen LogP contribution in [0.15, 0.2) is 36.4 Å². The van der Waals surface area contributed by atoms with Crippen molar-refractivity contribution in [2.75, 3.05) is 18.4 Å². The van der Waals surface area contributed by atoms with E-state index in [0.717, 1.165) is 42.7 Å². The van der Waals surface area contributed by atoms with E-state index in [1.165, 1.54) is 0 Å². The van der Waals surface area contributed by atoms with Gasteiger partial charge in [0.15, 0.2) is 0 Å². The summed E-state index contributed by atoms with van der Waals surface area (Å²) in [6.45, 7) is 4.33. The maximum atomic E-state index is 12.6. The average molecular weight is 412 g/mol. The molecule has 6 heteroatoms. The Bertz CT molecular complexity index is 810. The van der Waals surface area contributed by atoms with Crippen LogP contribution in [0.2, 0.25) is 15.1 Å². The topological polar surface area (TPSA) is 32.3 Å². The van der Waals surface area contributed by atoms with E-state index in [1.54, 1.807) is 12.1 Å². The second-order valence-electron chi connectivity index (χ2n) is 6.76. The minimum absolute atomic E-state index is 0.0387. The molecule has 0 aliphatic carbocycles. The quantitative estimate of drug-likeness (QED) is 0.689. The van der Waals surface area contributed by atoms with Gasteiger partial charge in [-0.1, -0.05) is 46.9 Å². The number of carbonyl (C=O) groups is 1. The lowest BCUT2D eigenvalue weighted by Crippen LogP contribution is -2.40. The van der Waals surface area contributed by atoms with Gasteiger partial charge < -0.3 is 5.32 Å². The molecule has 0 spiro atoms. The van der Waals surface area contributed by atoms with Crippen molar-refractivity contribution in [3.63, 3.8) is 0 Å². The number of likely N-dealkylation sites (tertiary alicyclic amines) is 1. The third-order valence-corrected chi connectivity index (χ3v) is 5.72. The molecule has 2 aromatic carbocycles. The first-order valence-corrected chi connectivity index (χ1v) is 9.79. The summed E-state index contributed by atoms with van der Waals surface area (Å²) in [5.74, 6) is -0.00766. The smallest absolute Gasteiger partial charge is 0.228 e. The summed E-state index contributed by atoms with van der Waals surface area (Å²) in [5, 5.41) is 4.94. The standard InChI is InChI=1S/C20H21Cl3N2O/c1-13-4-7-17(10-18(13)22)24-20(26)15-3-2-8-25(12-15)11-14-5-6-16(21)9-19(14)23/h4-7,9-10,15H,2-3,8,11-12H2,1H3,(H,24,26)/t15-/m0/s1. The van der Waals surface area contributed by atoms with Crippen LogP contribution in [-0.2, 0) is 11.3 Å². The van der Waals surface area contributed by atoms with E-state index in [4.69, 9.17) is 34.8 Å². The van der Waals surface area contributed by atoms with Gasteiger partial charge in [-0.25, -0.2) is 0 Å². The van der Waals surface area contributed by atoms with Gasteiger partial charge >= 0.3 is 0 Å². The molecule has 2 aromatic rings. The zero-order valence-corrected chi connectivity index (χ0v) is 16.8. The number of nitrogens with one attached hydrogen (secondary N) is 1. The molecule has 3 rings (SSSR count). The van der Waals surface area contributed by atoms with Crippen LogP contribution in [0.3, 0.4) is 0 Å².